The molecule has 0 radical (unpaired) electrons. The smallest absolute Gasteiger partial charge is 0.264 e. The molecule has 3 rings (SSSR count). The van der Waals surface area contributed by atoms with Gasteiger partial charge in [-0.25, -0.2) is 8.42 Å². The van der Waals surface area contributed by atoms with Gasteiger partial charge < -0.3 is 10.2 Å². The number of rotatable bonds is 12. The summed E-state index contributed by atoms with van der Waals surface area (Å²) < 4.78 is 28.9. The third-order valence-corrected chi connectivity index (χ3v) is 8.69. The topological polar surface area (TPSA) is 86.8 Å². The van der Waals surface area contributed by atoms with Crippen LogP contribution in [-0.4, -0.2) is 44.3 Å². The van der Waals surface area contributed by atoms with Gasteiger partial charge in [-0.15, -0.1) is 0 Å². The van der Waals surface area contributed by atoms with Crippen molar-refractivity contribution < 1.29 is 18.0 Å². The number of sulfonamides is 1. The first-order valence-corrected chi connectivity index (χ1v) is 14.9. The number of para-hydroxylation sites is 1. The Balaban J connectivity index is 2.07. The first-order valence-electron chi connectivity index (χ1n) is 12.7. The van der Waals surface area contributed by atoms with Gasteiger partial charge >= 0.3 is 0 Å². The van der Waals surface area contributed by atoms with Crippen molar-refractivity contribution >= 4 is 50.7 Å². The van der Waals surface area contributed by atoms with Crippen LogP contribution in [0, 0.1) is 6.92 Å². The maximum atomic E-state index is 14.0. The highest BCUT2D eigenvalue weighted by atomic mass is 35.5. The molecule has 0 heterocycles. The van der Waals surface area contributed by atoms with Crippen molar-refractivity contribution in [2.45, 2.75) is 51.1 Å². The molecule has 0 aromatic heterocycles. The fraction of sp³-hybridized carbons (Fsp3) is 0.310. The Labute approximate surface area is 240 Å². The number of nitrogens with one attached hydrogen (secondary N) is 1. The molecule has 0 saturated carbocycles. The molecule has 0 aliphatic carbocycles. The molecule has 1 unspecified atom stereocenters. The van der Waals surface area contributed by atoms with Crippen molar-refractivity contribution in [3.8, 4) is 0 Å². The molecule has 39 heavy (non-hydrogen) atoms. The van der Waals surface area contributed by atoms with Crippen molar-refractivity contribution in [2.75, 3.05) is 17.4 Å². The molecule has 0 saturated heterocycles. The quantitative estimate of drug-likeness (QED) is 0.288. The molecule has 3 aromatic carbocycles. The van der Waals surface area contributed by atoms with Crippen LogP contribution in [-0.2, 0) is 26.2 Å². The van der Waals surface area contributed by atoms with E-state index in [1.165, 1.54) is 29.2 Å². The van der Waals surface area contributed by atoms with Gasteiger partial charge in [0.15, 0.2) is 0 Å². The highest BCUT2D eigenvalue weighted by Gasteiger charge is 2.34. The number of hydrogen-bond donors (Lipinski definition) is 1. The number of nitrogens with zero attached hydrogens (tertiary/aromatic N) is 2. The summed E-state index contributed by atoms with van der Waals surface area (Å²) in [6, 6.07) is 19.0. The Morgan fingerprint density at radius 1 is 0.923 bits per heavy atom. The van der Waals surface area contributed by atoms with Crippen molar-refractivity contribution in [3.05, 3.63) is 94.0 Å². The van der Waals surface area contributed by atoms with Crippen LogP contribution >= 0.6 is 23.2 Å². The lowest BCUT2D eigenvalue weighted by Gasteiger charge is -2.33. The fourth-order valence-corrected chi connectivity index (χ4v) is 5.99. The summed E-state index contributed by atoms with van der Waals surface area (Å²) in [5, 5.41) is 3.70. The first kappa shape index (κ1) is 30.5. The van der Waals surface area contributed by atoms with Crippen molar-refractivity contribution in [1.82, 2.24) is 10.2 Å². The van der Waals surface area contributed by atoms with E-state index in [-0.39, 0.29) is 17.3 Å². The number of anilines is 1. The Morgan fingerprint density at radius 3 is 2.18 bits per heavy atom. The second-order valence-electron chi connectivity index (χ2n) is 9.08. The molecule has 1 atom stereocenters. The molecular formula is C29H33Cl2N3O4S. The van der Waals surface area contributed by atoms with Crippen molar-refractivity contribution in [2.24, 2.45) is 0 Å². The Morgan fingerprint density at radius 2 is 1.56 bits per heavy atom. The summed E-state index contributed by atoms with van der Waals surface area (Å²) in [5.74, 6) is -0.836. The number of carbonyl (C=O) groups excluding carboxylic acids is 2. The van der Waals surface area contributed by atoms with Crippen LogP contribution in [0.5, 0.6) is 0 Å². The number of hydrogen-bond acceptors (Lipinski definition) is 4. The standard InChI is InChI=1S/C29H33Cl2N3O4S/c1-4-18-32-29(36)26(5-2)33(19-22-11-7-8-12-25(22)31)28(35)20-34(27-13-9-6-10-21(27)3)39(37,38)24-16-14-23(30)15-17-24/h6-17,26H,4-5,18-20H2,1-3H3,(H,32,36). The van der Waals surface area contributed by atoms with E-state index >= 15 is 0 Å². The largest absolute Gasteiger partial charge is 0.354 e. The number of amides is 2. The van der Waals surface area contributed by atoms with Gasteiger partial charge in [-0.05, 0) is 67.3 Å². The first-order chi connectivity index (χ1) is 18.6. The lowest BCUT2D eigenvalue weighted by Crippen LogP contribution is -2.52. The summed E-state index contributed by atoms with van der Waals surface area (Å²) in [5.41, 5.74) is 1.69. The second kappa shape index (κ2) is 13.8. The molecule has 3 aromatic rings. The maximum absolute atomic E-state index is 14.0. The second-order valence-corrected chi connectivity index (χ2v) is 11.8. The average molecular weight is 591 g/mol. The predicted octanol–water partition coefficient (Wildman–Crippen LogP) is 5.83. The SMILES string of the molecule is CCCNC(=O)C(CC)N(Cc1ccccc1Cl)C(=O)CN(c1ccccc1C)S(=O)(=O)c1ccc(Cl)cc1. The van der Waals surface area contributed by atoms with Gasteiger partial charge in [0, 0.05) is 23.1 Å². The minimum atomic E-state index is -4.17. The van der Waals surface area contributed by atoms with E-state index in [2.05, 4.69) is 5.32 Å². The number of benzene rings is 3. The third kappa shape index (κ3) is 7.53. The van der Waals surface area contributed by atoms with Gasteiger partial charge in [-0.2, -0.15) is 0 Å². The summed E-state index contributed by atoms with van der Waals surface area (Å²) in [6.07, 6.45) is 1.07. The molecule has 0 bridgehead atoms. The average Bonchev–Trinajstić information content (AvgIpc) is 2.92. The van der Waals surface area contributed by atoms with E-state index in [1.807, 2.05) is 13.8 Å². The minimum Gasteiger partial charge on any atom is -0.354 e. The summed E-state index contributed by atoms with van der Waals surface area (Å²) in [6.45, 7) is 5.52. The van der Waals surface area contributed by atoms with E-state index < -0.39 is 28.5 Å². The third-order valence-electron chi connectivity index (χ3n) is 6.30. The van der Waals surface area contributed by atoms with Crippen LogP contribution < -0.4 is 9.62 Å². The minimum absolute atomic E-state index is 0.00617. The van der Waals surface area contributed by atoms with Crippen LogP contribution in [0.25, 0.3) is 0 Å². The van der Waals surface area contributed by atoms with E-state index in [9.17, 15) is 18.0 Å². The van der Waals surface area contributed by atoms with E-state index in [0.717, 1.165) is 10.7 Å². The summed E-state index contributed by atoms with van der Waals surface area (Å²) in [4.78, 5) is 28.6. The van der Waals surface area contributed by atoms with Gasteiger partial charge in [0.25, 0.3) is 10.0 Å². The molecule has 0 spiro atoms. The van der Waals surface area contributed by atoms with Gasteiger partial charge in [0.05, 0.1) is 10.6 Å². The van der Waals surface area contributed by atoms with Crippen LogP contribution in [0.2, 0.25) is 10.0 Å². The van der Waals surface area contributed by atoms with E-state index in [4.69, 9.17) is 23.2 Å². The highest BCUT2D eigenvalue weighted by Crippen LogP contribution is 2.28. The molecule has 2 amide bonds. The zero-order chi connectivity index (χ0) is 28.6. The summed E-state index contributed by atoms with van der Waals surface area (Å²) in [7, 11) is -4.17. The summed E-state index contributed by atoms with van der Waals surface area (Å²) >= 11 is 12.4. The van der Waals surface area contributed by atoms with Gasteiger partial charge in [0.1, 0.15) is 12.6 Å². The maximum Gasteiger partial charge on any atom is 0.264 e. The lowest BCUT2D eigenvalue weighted by atomic mass is 10.1. The van der Waals surface area contributed by atoms with Gasteiger partial charge in [0.2, 0.25) is 11.8 Å². The monoisotopic (exact) mass is 589 g/mol. The van der Waals surface area contributed by atoms with Crippen molar-refractivity contribution in [1.29, 1.82) is 0 Å². The van der Waals surface area contributed by atoms with Crippen LogP contribution in [0.4, 0.5) is 5.69 Å². The molecule has 208 valence electrons. The molecule has 0 fully saturated rings. The number of aryl methyl sites for hydroxylation is 1. The normalized spacial score (nSPS) is 12.0. The zero-order valence-corrected chi connectivity index (χ0v) is 24.6. The molecule has 1 N–H and O–H groups in total. The molecule has 10 heteroatoms. The Kier molecular flexibility index (Phi) is 10.8. The van der Waals surface area contributed by atoms with Crippen LogP contribution in [0.15, 0.2) is 77.7 Å². The predicted molar refractivity (Wildman–Crippen MR) is 157 cm³/mol. The Hall–Kier alpha value is -3.07. The molecule has 7 nitrogen and oxygen atoms in total. The van der Waals surface area contributed by atoms with Gasteiger partial charge in [-0.3, -0.25) is 13.9 Å². The zero-order valence-electron chi connectivity index (χ0n) is 22.2. The fourth-order valence-electron chi connectivity index (χ4n) is 4.19. The Bertz CT molecular complexity index is 1400. The number of carbonyl (C=O) groups is 2. The van der Waals surface area contributed by atoms with E-state index in [1.54, 1.807) is 55.5 Å². The highest BCUT2D eigenvalue weighted by molar-refractivity contribution is 7.92. The van der Waals surface area contributed by atoms with E-state index in [0.29, 0.717) is 39.8 Å². The molecule has 0 aliphatic heterocycles. The van der Waals surface area contributed by atoms with Crippen LogP contribution in [0.3, 0.4) is 0 Å². The van der Waals surface area contributed by atoms with Crippen LogP contribution in [0.1, 0.15) is 37.8 Å². The molecule has 0 aliphatic rings. The number of halogens is 2. The van der Waals surface area contributed by atoms with Gasteiger partial charge in [-0.1, -0.05) is 73.4 Å². The lowest BCUT2D eigenvalue weighted by molar-refractivity contribution is -0.140. The van der Waals surface area contributed by atoms with Crippen molar-refractivity contribution in [3.63, 3.8) is 0 Å². The molecular weight excluding hydrogens is 557 g/mol.